The van der Waals surface area contributed by atoms with E-state index < -0.39 is 11.4 Å². The number of carboxylic acids is 1. The molecule has 33 heavy (non-hydrogen) atoms. The molecule has 3 aliphatic rings. The second-order valence-corrected chi connectivity index (χ2v) is 9.18. The molecule has 1 atom stereocenters. The number of hydrogen-bond donors (Lipinski definition) is 1. The summed E-state index contributed by atoms with van der Waals surface area (Å²) in [6, 6.07) is 13.4. The minimum absolute atomic E-state index is 0.118. The van der Waals surface area contributed by atoms with Crippen LogP contribution in [0.3, 0.4) is 0 Å². The molecule has 6 heteroatoms. The molecule has 0 spiro atoms. The Hall–Kier alpha value is -3.54. The first kappa shape index (κ1) is 20.1. The van der Waals surface area contributed by atoms with Gasteiger partial charge in [0.2, 0.25) is 0 Å². The van der Waals surface area contributed by atoms with E-state index in [4.69, 9.17) is 9.47 Å². The van der Waals surface area contributed by atoms with Gasteiger partial charge in [0.25, 0.3) is 0 Å². The maximum absolute atomic E-state index is 12.7. The van der Waals surface area contributed by atoms with Crippen LogP contribution in [-0.4, -0.2) is 28.9 Å². The summed E-state index contributed by atoms with van der Waals surface area (Å²) in [7, 11) is 0. The van der Waals surface area contributed by atoms with Crippen molar-refractivity contribution in [3.05, 3.63) is 81.1 Å². The fourth-order valence-electron chi connectivity index (χ4n) is 5.16. The van der Waals surface area contributed by atoms with Gasteiger partial charge in [-0.15, -0.1) is 0 Å². The highest BCUT2D eigenvalue weighted by molar-refractivity contribution is 5.88. The van der Waals surface area contributed by atoms with Crippen molar-refractivity contribution in [3.8, 4) is 22.8 Å². The summed E-state index contributed by atoms with van der Waals surface area (Å²) in [4.78, 5) is 24.4. The lowest BCUT2D eigenvalue weighted by atomic mass is 9.85. The molecule has 3 heterocycles. The third kappa shape index (κ3) is 3.50. The Labute approximate surface area is 191 Å². The Morgan fingerprint density at radius 1 is 1.18 bits per heavy atom. The SMILES string of the molecule is O=C(O)c1cn2c(cc1=O)-c1c(cc(OCCC3CC3)c3c1CCO3)CC2c1ccccc1. The minimum atomic E-state index is -1.21. The van der Waals surface area contributed by atoms with Crippen LogP contribution < -0.4 is 14.9 Å². The smallest absolute Gasteiger partial charge is 0.341 e. The van der Waals surface area contributed by atoms with Gasteiger partial charge >= 0.3 is 5.97 Å². The largest absolute Gasteiger partial charge is 0.490 e. The quantitative estimate of drug-likeness (QED) is 0.608. The van der Waals surface area contributed by atoms with Gasteiger partial charge in [-0.2, -0.15) is 0 Å². The highest BCUT2D eigenvalue weighted by Gasteiger charge is 2.33. The van der Waals surface area contributed by atoms with E-state index in [2.05, 4.69) is 6.07 Å². The number of carboxylic acid groups (broad SMARTS) is 1. The number of benzene rings is 2. The van der Waals surface area contributed by atoms with E-state index in [0.717, 1.165) is 58.2 Å². The highest BCUT2D eigenvalue weighted by Crippen LogP contribution is 2.48. The highest BCUT2D eigenvalue weighted by atomic mass is 16.5. The fraction of sp³-hybridized carbons (Fsp3) is 0.333. The standard InChI is InChI=1S/C27H25NO5/c29-23-14-22-25-18(13-24(26-19(25)9-11-33-26)32-10-8-16-6-7-16)12-21(17-4-2-1-3-5-17)28(22)15-20(23)27(30)31/h1-5,13-16,21H,6-12H2,(H,30,31). The van der Waals surface area contributed by atoms with Crippen LogP contribution in [0.15, 0.2) is 53.5 Å². The van der Waals surface area contributed by atoms with Gasteiger partial charge in [0.15, 0.2) is 16.9 Å². The molecule has 0 saturated heterocycles. The van der Waals surface area contributed by atoms with Gasteiger partial charge < -0.3 is 19.1 Å². The normalized spacial score (nSPS) is 18.1. The molecule has 1 unspecified atom stereocenters. The molecule has 0 radical (unpaired) electrons. The fourth-order valence-corrected chi connectivity index (χ4v) is 5.16. The monoisotopic (exact) mass is 443 g/mol. The van der Waals surface area contributed by atoms with Crippen molar-refractivity contribution in [2.75, 3.05) is 13.2 Å². The number of rotatable bonds is 6. The summed E-state index contributed by atoms with van der Waals surface area (Å²) in [6.07, 6.45) is 6.58. The van der Waals surface area contributed by atoms with Gasteiger partial charge in [-0.05, 0) is 36.0 Å². The number of carbonyl (C=O) groups is 1. The molecule has 2 aliphatic heterocycles. The molecule has 1 saturated carbocycles. The van der Waals surface area contributed by atoms with Crippen LogP contribution in [0, 0.1) is 5.92 Å². The number of pyridine rings is 1. The van der Waals surface area contributed by atoms with Crippen LogP contribution in [0.1, 0.15) is 52.4 Å². The lowest BCUT2D eigenvalue weighted by Crippen LogP contribution is -2.26. The summed E-state index contributed by atoms with van der Waals surface area (Å²) < 4.78 is 14.1. The number of ether oxygens (including phenoxy) is 2. The summed E-state index contributed by atoms with van der Waals surface area (Å²) in [6.45, 7) is 1.25. The average molecular weight is 443 g/mol. The molecular formula is C27H25NO5. The van der Waals surface area contributed by atoms with E-state index >= 15 is 0 Å². The van der Waals surface area contributed by atoms with Crippen LogP contribution in [-0.2, 0) is 12.8 Å². The Kier molecular flexibility index (Phi) is 4.75. The Balaban J connectivity index is 1.52. The van der Waals surface area contributed by atoms with Gasteiger partial charge in [0.1, 0.15) is 5.56 Å². The van der Waals surface area contributed by atoms with Crippen molar-refractivity contribution in [1.82, 2.24) is 4.57 Å². The number of aromatic carboxylic acids is 1. The van der Waals surface area contributed by atoms with Crippen LogP contribution in [0.4, 0.5) is 0 Å². The Morgan fingerprint density at radius 3 is 2.76 bits per heavy atom. The topological polar surface area (TPSA) is 77.8 Å². The van der Waals surface area contributed by atoms with Gasteiger partial charge in [0, 0.05) is 29.8 Å². The predicted octanol–water partition coefficient (Wildman–Crippen LogP) is 4.47. The molecule has 6 rings (SSSR count). The molecule has 0 bridgehead atoms. The van der Waals surface area contributed by atoms with Crippen molar-refractivity contribution < 1.29 is 19.4 Å². The number of fused-ring (bicyclic) bond motifs is 5. The lowest BCUT2D eigenvalue weighted by Gasteiger charge is -2.32. The Bertz CT molecular complexity index is 1310. The third-order valence-corrected chi connectivity index (χ3v) is 7.00. The van der Waals surface area contributed by atoms with Crippen LogP contribution in [0.5, 0.6) is 11.5 Å². The molecular weight excluding hydrogens is 418 g/mol. The van der Waals surface area contributed by atoms with Gasteiger partial charge in [-0.25, -0.2) is 4.79 Å². The zero-order valence-corrected chi connectivity index (χ0v) is 18.3. The molecule has 1 aromatic heterocycles. The molecule has 1 N–H and O–H groups in total. The van der Waals surface area contributed by atoms with E-state index in [1.54, 1.807) is 0 Å². The van der Waals surface area contributed by atoms with E-state index in [-0.39, 0.29) is 11.6 Å². The van der Waals surface area contributed by atoms with Gasteiger partial charge in [-0.3, -0.25) is 4.79 Å². The minimum Gasteiger partial charge on any atom is -0.490 e. The molecule has 0 amide bonds. The molecule has 3 aromatic rings. The van der Waals surface area contributed by atoms with Crippen molar-refractivity contribution in [2.24, 2.45) is 5.92 Å². The molecule has 1 fully saturated rings. The maximum Gasteiger partial charge on any atom is 0.341 e. The van der Waals surface area contributed by atoms with Crippen molar-refractivity contribution in [1.29, 1.82) is 0 Å². The summed E-state index contributed by atoms with van der Waals surface area (Å²) >= 11 is 0. The number of nitrogens with zero attached hydrogens (tertiary/aromatic N) is 1. The van der Waals surface area contributed by atoms with Crippen molar-refractivity contribution >= 4 is 5.97 Å². The molecule has 6 nitrogen and oxygen atoms in total. The zero-order chi connectivity index (χ0) is 22.5. The maximum atomic E-state index is 12.7. The molecule has 2 aromatic carbocycles. The molecule has 168 valence electrons. The van der Waals surface area contributed by atoms with E-state index in [1.807, 2.05) is 34.9 Å². The lowest BCUT2D eigenvalue weighted by molar-refractivity contribution is 0.0694. The molecule has 1 aliphatic carbocycles. The van der Waals surface area contributed by atoms with Crippen LogP contribution in [0.25, 0.3) is 11.3 Å². The predicted molar refractivity (Wildman–Crippen MR) is 123 cm³/mol. The van der Waals surface area contributed by atoms with E-state index in [9.17, 15) is 14.7 Å². The first-order valence-electron chi connectivity index (χ1n) is 11.6. The third-order valence-electron chi connectivity index (χ3n) is 7.00. The summed E-state index contributed by atoms with van der Waals surface area (Å²) in [5.74, 6) is 1.14. The Morgan fingerprint density at radius 2 is 2.00 bits per heavy atom. The van der Waals surface area contributed by atoms with Gasteiger partial charge in [0.05, 0.1) is 24.9 Å². The van der Waals surface area contributed by atoms with Crippen molar-refractivity contribution in [2.45, 2.75) is 38.1 Å². The van der Waals surface area contributed by atoms with E-state index in [0.29, 0.717) is 19.6 Å². The van der Waals surface area contributed by atoms with Gasteiger partial charge in [-0.1, -0.05) is 43.2 Å². The second kappa shape index (κ2) is 7.80. The van der Waals surface area contributed by atoms with Crippen LogP contribution in [0.2, 0.25) is 0 Å². The first-order valence-corrected chi connectivity index (χ1v) is 11.6. The average Bonchev–Trinajstić information content (AvgIpc) is 3.51. The van der Waals surface area contributed by atoms with E-state index in [1.165, 1.54) is 25.1 Å². The number of hydrogen-bond acceptors (Lipinski definition) is 4. The number of aromatic nitrogens is 1. The second-order valence-electron chi connectivity index (χ2n) is 9.18. The zero-order valence-electron chi connectivity index (χ0n) is 18.3. The van der Waals surface area contributed by atoms with Crippen LogP contribution >= 0.6 is 0 Å². The summed E-state index contributed by atoms with van der Waals surface area (Å²) in [5.41, 5.74) is 4.26. The summed E-state index contributed by atoms with van der Waals surface area (Å²) in [5, 5.41) is 9.59. The first-order chi connectivity index (χ1) is 16.1. The van der Waals surface area contributed by atoms with Crippen molar-refractivity contribution in [3.63, 3.8) is 0 Å².